The second kappa shape index (κ2) is 12.1. The number of ether oxygens (including phenoxy) is 2. The second-order valence-corrected chi connectivity index (χ2v) is 8.99. The lowest BCUT2D eigenvalue weighted by molar-refractivity contribution is -0.383. The Bertz CT molecular complexity index is 1200. The number of pyridine rings is 1. The molecule has 11 heteroatoms. The molecule has 1 fully saturated rings. The van der Waals surface area contributed by atoms with Gasteiger partial charge in [-0.2, -0.15) is 0 Å². The first kappa shape index (κ1) is 26.5. The third-order valence-electron chi connectivity index (χ3n) is 6.60. The van der Waals surface area contributed by atoms with Crippen LogP contribution in [0.3, 0.4) is 0 Å². The molecule has 1 amide bonds. The van der Waals surface area contributed by atoms with E-state index in [2.05, 4.69) is 10.3 Å². The van der Waals surface area contributed by atoms with Gasteiger partial charge in [0.05, 0.1) is 25.2 Å². The van der Waals surface area contributed by atoms with Gasteiger partial charge in [-0.3, -0.25) is 10.1 Å². The molecule has 11 nitrogen and oxygen atoms in total. The van der Waals surface area contributed by atoms with E-state index < -0.39 is 11.0 Å². The highest BCUT2D eigenvalue weighted by Gasteiger charge is 2.30. The van der Waals surface area contributed by atoms with Crippen molar-refractivity contribution in [3.63, 3.8) is 0 Å². The van der Waals surface area contributed by atoms with Crippen LogP contribution in [0, 0.1) is 10.1 Å². The molecule has 0 unspecified atom stereocenters. The number of benzene rings is 2. The molecular formula is C27H31N5O6. The summed E-state index contributed by atoms with van der Waals surface area (Å²) in [6, 6.07) is 16.3. The number of anilines is 2. The lowest BCUT2D eigenvalue weighted by Crippen LogP contribution is -2.38. The van der Waals surface area contributed by atoms with E-state index in [1.807, 2.05) is 53.4 Å². The van der Waals surface area contributed by atoms with Crippen LogP contribution in [0.4, 0.5) is 22.0 Å². The zero-order valence-corrected chi connectivity index (χ0v) is 21.4. The molecule has 1 atom stereocenters. The standard InChI is InChI=1S/C27H31N5O6/c1-37-22-9-5-19(6-10-22)17-30(18-20-7-11-23(38-2)12-8-20)26-25(32(35)36)24(13-14-28-26)29-16-21-4-3-15-31(21)27(33)34/h5-14,21H,3-4,15-18H2,1-2H3,(H,28,29)(H,33,34)/t21-/m0/s1. The number of hydrogen-bond donors (Lipinski definition) is 2. The maximum absolute atomic E-state index is 12.3. The quantitative estimate of drug-likeness (QED) is 0.271. The van der Waals surface area contributed by atoms with Crippen LogP contribution in [-0.2, 0) is 13.1 Å². The first-order chi connectivity index (χ1) is 18.4. The van der Waals surface area contributed by atoms with Crippen molar-refractivity contribution in [2.75, 3.05) is 37.5 Å². The fourth-order valence-corrected chi connectivity index (χ4v) is 4.63. The van der Waals surface area contributed by atoms with E-state index in [0.29, 0.717) is 43.2 Å². The average Bonchev–Trinajstić information content (AvgIpc) is 3.41. The monoisotopic (exact) mass is 521 g/mol. The van der Waals surface area contributed by atoms with E-state index in [1.165, 1.54) is 11.1 Å². The van der Waals surface area contributed by atoms with Crippen molar-refractivity contribution in [2.45, 2.75) is 32.0 Å². The fourth-order valence-electron chi connectivity index (χ4n) is 4.63. The summed E-state index contributed by atoms with van der Waals surface area (Å²) in [5, 5.41) is 24.9. The third-order valence-corrected chi connectivity index (χ3v) is 6.60. The van der Waals surface area contributed by atoms with Crippen molar-refractivity contribution in [3.8, 4) is 11.5 Å². The summed E-state index contributed by atoms with van der Waals surface area (Å²) < 4.78 is 10.5. The fraction of sp³-hybridized carbons (Fsp3) is 0.333. The van der Waals surface area contributed by atoms with Crippen molar-refractivity contribution in [1.29, 1.82) is 0 Å². The van der Waals surface area contributed by atoms with Crippen LogP contribution in [0.2, 0.25) is 0 Å². The number of hydrogen-bond acceptors (Lipinski definition) is 8. The summed E-state index contributed by atoms with van der Waals surface area (Å²) >= 11 is 0. The number of nitrogens with zero attached hydrogens (tertiary/aromatic N) is 4. The molecule has 1 saturated heterocycles. The molecule has 0 spiro atoms. The van der Waals surface area contributed by atoms with E-state index in [1.54, 1.807) is 20.3 Å². The largest absolute Gasteiger partial charge is 0.497 e. The Morgan fingerprint density at radius 1 is 1.08 bits per heavy atom. The maximum atomic E-state index is 12.3. The Balaban J connectivity index is 1.66. The van der Waals surface area contributed by atoms with E-state index in [0.717, 1.165) is 17.5 Å². The molecule has 0 radical (unpaired) electrons. The molecule has 0 saturated carbocycles. The number of nitrogens with one attached hydrogen (secondary N) is 1. The third kappa shape index (κ3) is 6.23. The lowest BCUT2D eigenvalue weighted by Gasteiger charge is -2.25. The van der Waals surface area contributed by atoms with Crippen molar-refractivity contribution in [1.82, 2.24) is 9.88 Å². The van der Waals surface area contributed by atoms with Gasteiger partial charge in [-0.25, -0.2) is 9.78 Å². The molecular weight excluding hydrogens is 490 g/mol. The number of nitro groups is 1. The maximum Gasteiger partial charge on any atom is 0.407 e. The number of likely N-dealkylation sites (tertiary alicyclic amines) is 1. The molecule has 1 aromatic heterocycles. The number of carbonyl (C=O) groups is 1. The Labute approximate surface area is 220 Å². The highest BCUT2D eigenvalue weighted by molar-refractivity contribution is 5.74. The molecule has 0 aliphatic carbocycles. The molecule has 2 aromatic carbocycles. The zero-order valence-electron chi connectivity index (χ0n) is 21.4. The molecule has 1 aliphatic rings. The first-order valence-electron chi connectivity index (χ1n) is 12.3. The van der Waals surface area contributed by atoms with Crippen LogP contribution in [0.5, 0.6) is 11.5 Å². The smallest absolute Gasteiger partial charge is 0.407 e. The molecule has 38 heavy (non-hydrogen) atoms. The van der Waals surface area contributed by atoms with Crippen LogP contribution in [0.25, 0.3) is 0 Å². The lowest BCUT2D eigenvalue weighted by atomic mass is 10.1. The normalized spacial score (nSPS) is 14.7. The van der Waals surface area contributed by atoms with E-state index in [4.69, 9.17) is 9.47 Å². The number of methoxy groups -OCH3 is 2. The van der Waals surface area contributed by atoms with Gasteiger partial charge in [0.2, 0.25) is 5.82 Å². The highest BCUT2D eigenvalue weighted by atomic mass is 16.6. The van der Waals surface area contributed by atoms with Gasteiger partial charge in [-0.05, 0) is 54.3 Å². The predicted molar refractivity (Wildman–Crippen MR) is 143 cm³/mol. The number of carboxylic acid groups (broad SMARTS) is 1. The summed E-state index contributed by atoms with van der Waals surface area (Å²) in [5.74, 6) is 1.65. The van der Waals surface area contributed by atoms with Gasteiger partial charge in [0, 0.05) is 32.4 Å². The Hall–Kier alpha value is -4.54. The minimum Gasteiger partial charge on any atom is -0.497 e. The SMILES string of the molecule is COc1ccc(CN(Cc2ccc(OC)cc2)c2nccc(NC[C@@H]3CCCN3C(=O)O)c2[N+](=O)[O-])cc1. The van der Waals surface area contributed by atoms with Crippen molar-refractivity contribution < 1.29 is 24.3 Å². The van der Waals surface area contributed by atoms with Crippen molar-refractivity contribution in [3.05, 3.63) is 82.0 Å². The van der Waals surface area contributed by atoms with E-state index in [9.17, 15) is 20.0 Å². The van der Waals surface area contributed by atoms with Crippen LogP contribution in [0.15, 0.2) is 60.8 Å². The van der Waals surface area contributed by atoms with E-state index in [-0.39, 0.29) is 24.1 Å². The Morgan fingerprint density at radius 3 is 2.16 bits per heavy atom. The van der Waals surface area contributed by atoms with Crippen molar-refractivity contribution >= 4 is 23.3 Å². The van der Waals surface area contributed by atoms with Crippen LogP contribution in [0.1, 0.15) is 24.0 Å². The topological polar surface area (TPSA) is 130 Å². The van der Waals surface area contributed by atoms with Gasteiger partial charge in [0.1, 0.15) is 17.2 Å². The van der Waals surface area contributed by atoms with Crippen LogP contribution in [-0.4, -0.2) is 59.4 Å². The van der Waals surface area contributed by atoms with Gasteiger partial charge in [-0.15, -0.1) is 0 Å². The molecule has 200 valence electrons. The summed E-state index contributed by atoms with van der Waals surface area (Å²) in [6.45, 7) is 1.46. The molecule has 3 aromatic rings. The van der Waals surface area contributed by atoms with Gasteiger partial charge >= 0.3 is 11.8 Å². The Morgan fingerprint density at radius 2 is 1.66 bits per heavy atom. The summed E-state index contributed by atoms with van der Waals surface area (Å²) in [4.78, 5) is 31.1. The number of amides is 1. The second-order valence-electron chi connectivity index (χ2n) is 8.99. The minimum atomic E-state index is -0.982. The molecule has 2 N–H and O–H groups in total. The van der Waals surface area contributed by atoms with Crippen LogP contribution >= 0.6 is 0 Å². The number of rotatable bonds is 11. The number of aromatic nitrogens is 1. The zero-order chi connectivity index (χ0) is 27.1. The van der Waals surface area contributed by atoms with Gasteiger partial charge < -0.3 is 29.7 Å². The molecule has 0 bridgehead atoms. The predicted octanol–water partition coefficient (Wildman–Crippen LogP) is 4.77. The summed E-state index contributed by atoms with van der Waals surface area (Å²) in [6.07, 6.45) is 2.01. The Kier molecular flexibility index (Phi) is 8.47. The molecule has 1 aliphatic heterocycles. The molecule has 4 rings (SSSR count). The van der Waals surface area contributed by atoms with Crippen molar-refractivity contribution in [2.24, 2.45) is 0 Å². The summed E-state index contributed by atoms with van der Waals surface area (Å²) in [5.41, 5.74) is 2.00. The van der Waals surface area contributed by atoms with Gasteiger partial charge in [-0.1, -0.05) is 24.3 Å². The minimum absolute atomic E-state index is 0.158. The molecule has 2 heterocycles. The average molecular weight is 522 g/mol. The highest BCUT2D eigenvalue weighted by Crippen LogP contribution is 2.35. The first-order valence-corrected chi connectivity index (χ1v) is 12.3. The summed E-state index contributed by atoms with van der Waals surface area (Å²) in [7, 11) is 3.19. The van der Waals surface area contributed by atoms with Crippen LogP contribution < -0.4 is 19.7 Å². The van der Waals surface area contributed by atoms with Gasteiger partial charge in [0.15, 0.2) is 0 Å². The van der Waals surface area contributed by atoms with Gasteiger partial charge in [0.25, 0.3) is 0 Å². The van der Waals surface area contributed by atoms with E-state index >= 15 is 0 Å².